The fraction of sp³-hybridized carbons (Fsp3) is 0.769. The number of Topliss-reactive ketones (excluding diaryl/α,β-unsaturated/α-hetero) is 1. The van der Waals surface area contributed by atoms with E-state index in [1.165, 1.54) is 25.7 Å². The van der Waals surface area contributed by atoms with E-state index in [0.29, 0.717) is 18.3 Å². The second-order valence-corrected chi connectivity index (χ2v) is 5.31. The van der Waals surface area contributed by atoms with Gasteiger partial charge in [-0.2, -0.15) is 4.98 Å². The number of carbonyl (C=O) groups is 1. The van der Waals surface area contributed by atoms with Gasteiger partial charge in [-0.25, -0.2) is 0 Å². The Kier molecular flexibility index (Phi) is 3.30. The first-order chi connectivity index (χ1) is 8.83. The third kappa shape index (κ3) is 2.71. The lowest BCUT2D eigenvalue weighted by atomic mass is 10.2. The largest absolute Gasteiger partial charge is 0.338 e. The third-order valence-corrected chi connectivity index (χ3v) is 3.70. The van der Waals surface area contributed by atoms with Gasteiger partial charge in [0.05, 0.1) is 6.42 Å². The van der Waals surface area contributed by atoms with E-state index < -0.39 is 0 Å². The number of aromatic nitrogens is 2. The third-order valence-electron chi connectivity index (χ3n) is 3.70. The summed E-state index contributed by atoms with van der Waals surface area (Å²) in [6.45, 7) is 1.99. The Bertz CT molecular complexity index is 418. The molecule has 3 rings (SSSR count). The van der Waals surface area contributed by atoms with Crippen LogP contribution in [0.3, 0.4) is 0 Å². The van der Waals surface area contributed by atoms with Gasteiger partial charge >= 0.3 is 0 Å². The van der Waals surface area contributed by atoms with Crippen molar-refractivity contribution in [3.05, 3.63) is 5.89 Å². The van der Waals surface area contributed by atoms with Crippen LogP contribution in [0.15, 0.2) is 4.52 Å². The minimum Gasteiger partial charge on any atom is -0.338 e. The number of nitrogens with zero attached hydrogens (tertiary/aromatic N) is 3. The highest BCUT2D eigenvalue weighted by Crippen LogP contribution is 2.30. The second kappa shape index (κ2) is 5.08. The van der Waals surface area contributed by atoms with E-state index in [1.807, 2.05) is 0 Å². The van der Waals surface area contributed by atoms with Crippen molar-refractivity contribution in [3.8, 4) is 0 Å². The molecule has 0 radical (unpaired) electrons. The summed E-state index contributed by atoms with van der Waals surface area (Å²) in [5, 5.41) is 4.00. The first-order valence-corrected chi connectivity index (χ1v) is 6.93. The van der Waals surface area contributed by atoms with Crippen molar-refractivity contribution >= 4 is 11.7 Å². The lowest BCUT2D eigenvalue weighted by Crippen LogP contribution is -2.25. The molecule has 0 aromatic carbocycles. The lowest BCUT2D eigenvalue weighted by molar-refractivity contribution is -0.119. The van der Waals surface area contributed by atoms with Crippen LogP contribution in [-0.4, -0.2) is 29.0 Å². The Morgan fingerprint density at radius 2 is 1.94 bits per heavy atom. The van der Waals surface area contributed by atoms with Crippen molar-refractivity contribution in [3.63, 3.8) is 0 Å². The highest BCUT2D eigenvalue weighted by atomic mass is 16.5. The molecule has 1 saturated heterocycles. The van der Waals surface area contributed by atoms with Crippen LogP contribution < -0.4 is 4.90 Å². The summed E-state index contributed by atoms with van der Waals surface area (Å²) in [5.41, 5.74) is 0. The lowest BCUT2D eigenvalue weighted by Gasteiger charge is -2.16. The maximum atomic E-state index is 11.7. The number of anilines is 1. The van der Waals surface area contributed by atoms with Gasteiger partial charge in [0.25, 0.3) is 5.95 Å². The molecule has 1 aromatic heterocycles. The van der Waals surface area contributed by atoms with E-state index in [4.69, 9.17) is 4.52 Å². The van der Waals surface area contributed by atoms with Gasteiger partial charge in [0.15, 0.2) is 0 Å². The van der Waals surface area contributed by atoms with Gasteiger partial charge in [0.2, 0.25) is 5.89 Å². The normalized spacial score (nSPS) is 20.8. The van der Waals surface area contributed by atoms with Gasteiger partial charge in [0.1, 0.15) is 5.78 Å². The Balaban J connectivity index is 1.62. The molecule has 0 N–H and O–H groups in total. The summed E-state index contributed by atoms with van der Waals surface area (Å²) in [6.07, 6.45) is 7.31. The van der Waals surface area contributed by atoms with Gasteiger partial charge < -0.3 is 9.42 Å². The van der Waals surface area contributed by atoms with Crippen molar-refractivity contribution in [2.24, 2.45) is 5.92 Å². The summed E-state index contributed by atoms with van der Waals surface area (Å²) >= 11 is 0. The minimum absolute atomic E-state index is 0.251. The maximum Gasteiger partial charge on any atom is 0.266 e. The van der Waals surface area contributed by atoms with Gasteiger partial charge in [-0.1, -0.05) is 12.8 Å². The summed E-state index contributed by atoms with van der Waals surface area (Å²) in [4.78, 5) is 18.2. The molecule has 0 bridgehead atoms. The second-order valence-electron chi connectivity index (χ2n) is 5.31. The molecule has 2 fully saturated rings. The van der Waals surface area contributed by atoms with Crippen LogP contribution in [-0.2, 0) is 11.2 Å². The van der Waals surface area contributed by atoms with Crippen LogP contribution in [0.1, 0.15) is 44.4 Å². The van der Waals surface area contributed by atoms with Crippen LogP contribution in [0.4, 0.5) is 5.95 Å². The Labute approximate surface area is 107 Å². The standard InChI is InChI=1S/C13H19N3O2/c17-11(10-5-6-10)9-12-14-13(15-18-12)16-7-3-1-2-4-8-16/h10H,1-9H2. The zero-order valence-electron chi connectivity index (χ0n) is 10.6. The highest BCUT2D eigenvalue weighted by Gasteiger charge is 2.30. The van der Waals surface area contributed by atoms with Crippen LogP contribution >= 0.6 is 0 Å². The maximum absolute atomic E-state index is 11.7. The molecule has 2 heterocycles. The average Bonchev–Trinajstić information content (AvgIpc) is 3.16. The molecule has 18 heavy (non-hydrogen) atoms. The molecule has 0 atom stereocenters. The molecule has 0 unspecified atom stereocenters. The van der Waals surface area contributed by atoms with Crippen molar-refractivity contribution in [1.82, 2.24) is 10.1 Å². The predicted octanol–water partition coefficient (Wildman–Crippen LogP) is 1.97. The zero-order valence-corrected chi connectivity index (χ0v) is 10.6. The number of rotatable bonds is 4. The van der Waals surface area contributed by atoms with Crippen molar-refractivity contribution in [1.29, 1.82) is 0 Å². The van der Waals surface area contributed by atoms with Crippen LogP contribution in [0, 0.1) is 5.92 Å². The number of ketones is 1. The molecule has 1 saturated carbocycles. The van der Waals surface area contributed by atoms with Gasteiger partial charge in [-0.05, 0) is 30.8 Å². The predicted molar refractivity (Wildman–Crippen MR) is 66.4 cm³/mol. The number of hydrogen-bond acceptors (Lipinski definition) is 5. The van der Waals surface area contributed by atoms with Crippen LogP contribution in [0.5, 0.6) is 0 Å². The van der Waals surface area contributed by atoms with Crippen LogP contribution in [0.25, 0.3) is 0 Å². The molecule has 1 aliphatic heterocycles. The van der Waals surface area contributed by atoms with Crippen molar-refractivity contribution < 1.29 is 9.32 Å². The van der Waals surface area contributed by atoms with E-state index in [2.05, 4.69) is 15.0 Å². The summed E-state index contributed by atoms with van der Waals surface area (Å²) in [7, 11) is 0. The highest BCUT2D eigenvalue weighted by molar-refractivity contribution is 5.84. The monoisotopic (exact) mass is 249 g/mol. The fourth-order valence-electron chi connectivity index (χ4n) is 2.42. The van der Waals surface area contributed by atoms with E-state index in [9.17, 15) is 4.79 Å². The van der Waals surface area contributed by atoms with E-state index in [1.54, 1.807) is 0 Å². The molecular formula is C13H19N3O2. The summed E-state index contributed by atoms with van der Waals surface area (Å²) in [6, 6.07) is 0. The molecule has 0 spiro atoms. The summed E-state index contributed by atoms with van der Waals surface area (Å²) in [5.74, 6) is 1.65. The van der Waals surface area contributed by atoms with E-state index in [0.717, 1.165) is 25.9 Å². The smallest absolute Gasteiger partial charge is 0.266 e. The summed E-state index contributed by atoms with van der Waals surface area (Å²) < 4.78 is 5.18. The minimum atomic E-state index is 0.251. The Hall–Kier alpha value is -1.39. The molecule has 5 heteroatoms. The number of carbonyl (C=O) groups excluding carboxylic acids is 1. The van der Waals surface area contributed by atoms with E-state index >= 15 is 0 Å². The molecule has 2 aliphatic rings. The van der Waals surface area contributed by atoms with Crippen molar-refractivity contribution in [2.45, 2.75) is 44.9 Å². The molecule has 5 nitrogen and oxygen atoms in total. The molecule has 0 amide bonds. The Morgan fingerprint density at radius 1 is 1.22 bits per heavy atom. The van der Waals surface area contributed by atoms with E-state index in [-0.39, 0.29) is 11.7 Å². The molecule has 98 valence electrons. The average molecular weight is 249 g/mol. The SMILES string of the molecule is O=C(Cc1nc(N2CCCCCC2)no1)C1CC1. The van der Waals surface area contributed by atoms with Gasteiger partial charge in [0, 0.05) is 19.0 Å². The molecule has 1 aliphatic carbocycles. The first-order valence-electron chi connectivity index (χ1n) is 6.93. The fourth-order valence-corrected chi connectivity index (χ4v) is 2.42. The molecule has 1 aromatic rings. The quantitative estimate of drug-likeness (QED) is 0.816. The topological polar surface area (TPSA) is 59.2 Å². The van der Waals surface area contributed by atoms with Crippen molar-refractivity contribution in [2.75, 3.05) is 18.0 Å². The zero-order chi connectivity index (χ0) is 12.4. The molecular weight excluding hydrogens is 230 g/mol. The first kappa shape index (κ1) is 11.7. The Morgan fingerprint density at radius 3 is 2.61 bits per heavy atom. The number of hydrogen-bond donors (Lipinski definition) is 0. The van der Waals surface area contributed by atoms with Gasteiger partial charge in [-0.15, -0.1) is 0 Å². The van der Waals surface area contributed by atoms with Gasteiger partial charge in [-0.3, -0.25) is 4.79 Å². The van der Waals surface area contributed by atoms with Crippen LogP contribution in [0.2, 0.25) is 0 Å².